The number of thioether (sulfide) groups is 1. The first-order valence-corrected chi connectivity index (χ1v) is 6.87. The summed E-state index contributed by atoms with van der Waals surface area (Å²) in [5.41, 5.74) is 5.53. The fraction of sp³-hybridized carbons (Fsp3) is 0.700. The third-order valence-electron chi connectivity index (χ3n) is 3.37. The van der Waals surface area contributed by atoms with E-state index in [0.29, 0.717) is 12.8 Å². The summed E-state index contributed by atoms with van der Waals surface area (Å²) in [6, 6.07) is 0. The van der Waals surface area contributed by atoms with Gasteiger partial charge in [-0.05, 0) is 24.6 Å². The van der Waals surface area contributed by atoms with Gasteiger partial charge in [-0.2, -0.15) is 0 Å². The van der Waals surface area contributed by atoms with E-state index >= 15 is 0 Å². The van der Waals surface area contributed by atoms with Crippen molar-refractivity contribution in [3.05, 3.63) is 0 Å². The molecule has 4 unspecified atom stereocenters. The number of hydrogen-bond donors (Lipinski definition) is 3. The molecule has 3 aliphatic rings. The molecule has 4 atom stereocenters. The third-order valence-corrected chi connectivity index (χ3v) is 4.50. The van der Waals surface area contributed by atoms with Crippen LogP contribution in [0.15, 0.2) is 4.99 Å². The molecule has 19 heavy (non-hydrogen) atoms. The highest BCUT2D eigenvalue weighted by Crippen LogP contribution is 2.38. The molecule has 0 radical (unpaired) electrons. The van der Waals surface area contributed by atoms with Crippen LogP contribution < -0.4 is 11.1 Å². The smallest absolute Gasteiger partial charge is 0.286 e. The van der Waals surface area contributed by atoms with Crippen molar-refractivity contribution in [2.75, 3.05) is 6.61 Å². The molecule has 104 valence electrons. The molecule has 0 saturated carbocycles. The highest BCUT2D eigenvalue weighted by molar-refractivity contribution is 8.15. The first-order chi connectivity index (χ1) is 9.10. The van der Waals surface area contributed by atoms with Gasteiger partial charge in [0.1, 0.15) is 11.5 Å². The van der Waals surface area contributed by atoms with Crippen molar-refractivity contribution in [3.63, 3.8) is 0 Å². The molecular weight excluding hydrogens is 272 g/mol. The predicted molar refractivity (Wildman–Crippen MR) is 67.1 cm³/mol. The molecule has 9 heteroatoms. The average Bonchev–Trinajstić information content (AvgIpc) is 2.93. The number of amides is 2. The van der Waals surface area contributed by atoms with Crippen LogP contribution in [0.4, 0.5) is 4.79 Å². The van der Waals surface area contributed by atoms with Crippen LogP contribution in [0.2, 0.25) is 0 Å². The average molecular weight is 286 g/mol. The number of carbonyl (C=O) groups is 2. The van der Waals surface area contributed by atoms with Gasteiger partial charge in [-0.3, -0.25) is 19.8 Å². The first-order valence-electron chi connectivity index (χ1n) is 5.99. The molecule has 0 aromatic carbocycles. The number of aliphatic hydroxyl groups excluding tert-OH is 1. The fourth-order valence-electron chi connectivity index (χ4n) is 2.49. The second-order valence-corrected chi connectivity index (χ2v) is 5.69. The molecule has 2 amide bonds. The highest BCUT2D eigenvalue weighted by Gasteiger charge is 2.51. The molecule has 8 nitrogen and oxygen atoms in total. The van der Waals surface area contributed by atoms with E-state index in [2.05, 4.69) is 10.3 Å². The lowest BCUT2D eigenvalue weighted by molar-refractivity contribution is -0.121. The highest BCUT2D eigenvalue weighted by atomic mass is 32.2. The zero-order valence-electron chi connectivity index (χ0n) is 9.98. The van der Waals surface area contributed by atoms with Gasteiger partial charge < -0.3 is 15.6 Å². The minimum Gasteiger partial charge on any atom is -0.394 e. The van der Waals surface area contributed by atoms with Crippen LogP contribution in [0, 0.1) is 0 Å². The summed E-state index contributed by atoms with van der Waals surface area (Å²) in [7, 11) is 0. The topological polar surface area (TPSA) is 117 Å². The Balaban J connectivity index is 1.83. The SMILES string of the molecule is NC1=NC2C(SC(=O)N2C2CCC(CO)O2)C(=O)N1. The van der Waals surface area contributed by atoms with Crippen LogP contribution in [-0.2, 0) is 9.53 Å². The molecule has 3 heterocycles. The molecule has 2 saturated heterocycles. The largest absolute Gasteiger partial charge is 0.394 e. The summed E-state index contributed by atoms with van der Waals surface area (Å²) in [6.45, 7) is -0.0777. The van der Waals surface area contributed by atoms with Crippen molar-refractivity contribution < 1.29 is 19.4 Å². The normalized spacial score (nSPS) is 38.2. The molecular formula is C10H14N4O4S. The van der Waals surface area contributed by atoms with E-state index in [0.717, 1.165) is 11.8 Å². The van der Waals surface area contributed by atoms with Crippen molar-refractivity contribution >= 4 is 28.9 Å². The lowest BCUT2D eigenvalue weighted by Crippen LogP contribution is -2.54. The van der Waals surface area contributed by atoms with Crippen molar-refractivity contribution in [2.24, 2.45) is 10.7 Å². The van der Waals surface area contributed by atoms with Crippen LogP contribution in [0.3, 0.4) is 0 Å². The molecule has 3 rings (SSSR count). The van der Waals surface area contributed by atoms with E-state index in [9.17, 15) is 9.59 Å². The van der Waals surface area contributed by atoms with E-state index in [4.69, 9.17) is 15.6 Å². The van der Waals surface area contributed by atoms with Crippen molar-refractivity contribution in [1.29, 1.82) is 0 Å². The number of aliphatic hydroxyl groups is 1. The van der Waals surface area contributed by atoms with Crippen molar-refractivity contribution in [3.8, 4) is 0 Å². The third kappa shape index (κ3) is 2.07. The van der Waals surface area contributed by atoms with Gasteiger partial charge in [0.2, 0.25) is 5.91 Å². The molecule has 0 bridgehead atoms. The van der Waals surface area contributed by atoms with Gasteiger partial charge >= 0.3 is 0 Å². The molecule has 0 aromatic rings. The van der Waals surface area contributed by atoms with Crippen molar-refractivity contribution in [1.82, 2.24) is 10.2 Å². The number of ether oxygens (including phenoxy) is 1. The second-order valence-electron chi connectivity index (χ2n) is 4.60. The summed E-state index contributed by atoms with van der Waals surface area (Å²) < 4.78 is 5.58. The number of nitrogens with zero attached hydrogens (tertiary/aromatic N) is 2. The van der Waals surface area contributed by atoms with Crippen LogP contribution in [0.1, 0.15) is 12.8 Å². The molecule has 4 N–H and O–H groups in total. The van der Waals surface area contributed by atoms with Crippen LogP contribution >= 0.6 is 11.8 Å². The van der Waals surface area contributed by atoms with Gasteiger partial charge in [0, 0.05) is 0 Å². The van der Waals surface area contributed by atoms with Gasteiger partial charge in [0.25, 0.3) is 5.24 Å². The molecule has 3 aliphatic heterocycles. The van der Waals surface area contributed by atoms with Gasteiger partial charge in [-0.1, -0.05) is 0 Å². The summed E-state index contributed by atoms with van der Waals surface area (Å²) in [4.78, 5) is 29.4. The van der Waals surface area contributed by atoms with Gasteiger partial charge in [0.15, 0.2) is 12.1 Å². The lowest BCUT2D eigenvalue weighted by Gasteiger charge is -2.30. The summed E-state index contributed by atoms with van der Waals surface area (Å²) >= 11 is 0.933. The Bertz CT molecular complexity index is 457. The number of guanidine groups is 1. The number of carbonyl (C=O) groups excluding carboxylic acids is 2. The zero-order chi connectivity index (χ0) is 13.6. The number of nitrogens with one attached hydrogen (secondary N) is 1. The molecule has 0 aliphatic carbocycles. The Morgan fingerprint density at radius 3 is 3.00 bits per heavy atom. The molecule has 2 fully saturated rings. The Morgan fingerprint density at radius 1 is 1.53 bits per heavy atom. The number of hydrogen-bond acceptors (Lipinski definition) is 7. The number of aliphatic imine (C=N–C) groups is 1. The monoisotopic (exact) mass is 286 g/mol. The lowest BCUT2D eigenvalue weighted by atomic mass is 10.2. The van der Waals surface area contributed by atoms with E-state index in [-0.39, 0.29) is 29.8 Å². The zero-order valence-corrected chi connectivity index (χ0v) is 10.8. The van der Waals surface area contributed by atoms with E-state index in [1.165, 1.54) is 4.90 Å². The van der Waals surface area contributed by atoms with Gasteiger partial charge in [0.05, 0.1) is 12.7 Å². The first kappa shape index (κ1) is 12.7. The predicted octanol–water partition coefficient (Wildman–Crippen LogP) is -1.21. The molecule has 0 spiro atoms. The van der Waals surface area contributed by atoms with E-state index in [1.807, 2.05) is 0 Å². The van der Waals surface area contributed by atoms with Gasteiger partial charge in [-0.25, -0.2) is 4.99 Å². The Labute approximate surface area is 113 Å². The molecule has 0 aromatic heterocycles. The minimum absolute atomic E-state index is 0.0169. The summed E-state index contributed by atoms with van der Waals surface area (Å²) in [5.74, 6) is -0.293. The second kappa shape index (κ2) is 4.66. The Morgan fingerprint density at radius 2 is 2.32 bits per heavy atom. The summed E-state index contributed by atoms with van der Waals surface area (Å²) in [6.07, 6.45) is -0.0280. The fourth-order valence-corrected chi connectivity index (χ4v) is 3.53. The number of nitrogens with two attached hydrogens (primary N) is 1. The van der Waals surface area contributed by atoms with Crippen LogP contribution in [0.25, 0.3) is 0 Å². The Hall–Kier alpha value is -1.32. The standard InChI is InChI=1S/C10H14N4O4S/c11-9-12-7-6(8(16)13-9)19-10(17)14(7)5-2-1-4(3-15)18-5/h4-7,15H,1-3H2,(H3,11,12,13,16). The number of rotatable bonds is 2. The van der Waals surface area contributed by atoms with Gasteiger partial charge in [-0.15, -0.1) is 0 Å². The maximum Gasteiger partial charge on any atom is 0.286 e. The van der Waals surface area contributed by atoms with Crippen LogP contribution in [0.5, 0.6) is 0 Å². The Kier molecular flexibility index (Phi) is 3.11. The van der Waals surface area contributed by atoms with E-state index in [1.54, 1.807) is 0 Å². The quantitative estimate of drug-likeness (QED) is 0.586. The van der Waals surface area contributed by atoms with Crippen LogP contribution in [-0.4, -0.2) is 57.5 Å². The van der Waals surface area contributed by atoms with Crippen molar-refractivity contribution in [2.45, 2.75) is 36.6 Å². The maximum atomic E-state index is 12.0. The summed E-state index contributed by atoms with van der Waals surface area (Å²) in [5, 5.41) is 10.6. The number of fused-ring (bicyclic) bond motifs is 1. The maximum absolute atomic E-state index is 12.0. The minimum atomic E-state index is -0.617. The van der Waals surface area contributed by atoms with E-state index < -0.39 is 17.6 Å².